The molecule has 31 heavy (non-hydrogen) atoms. The van der Waals surface area contributed by atoms with Crippen LogP contribution in [0.2, 0.25) is 5.02 Å². The van der Waals surface area contributed by atoms with Crippen molar-refractivity contribution in [1.82, 2.24) is 4.72 Å². The molecule has 2 N–H and O–H groups in total. The molecule has 3 rings (SSSR count). The third-order valence-electron chi connectivity index (χ3n) is 4.88. The van der Waals surface area contributed by atoms with E-state index >= 15 is 0 Å². The Kier molecular flexibility index (Phi) is 7.00. The van der Waals surface area contributed by atoms with Crippen LogP contribution < -0.4 is 14.8 Å². The Labute approximate surface area is 187 Å². The average molecular weight is 459 g/mol. The summed E-state index contributed by atoms with van der Waals surface area (Å²) in [5.74, 6) is 0.218. The second kappa shape index (κ2) is 9.51. The number of carbonyl (C=O) groups is 1. The molecule has 1 amide bonds. The predicted octanol–water partition coefficient (Wildman–Crippen LogP) is 4.70. The van der Waals surface area contributed by atoms with Gasteiger partial charge in [-0.15, -0.1) is 0 Å². The number of rotatable bonds is 7. The monoisotopic (exact) mass is 458 g/mol. The van der Waals surface area contributed by atoms with Crippen molar-refractivity contribution in [2.75, 3.05) is 12.4 Å². The fourth-order valence-corrected chi connectivity index (χ4v) is 4.22. The molecule has 0 radical (unpaired) electrons. The third-order valence-corrected chi connectivity index (χ3v) is 6.58. The molecule has 8 heteroatoms. The van der Waals surface area contributed by atoms with Gasteiger partial charge < -0.3 is 10.1 Å². The van der Waals surface area contributed by atoms with Gasteiger partial charge in [0, 0.05) is 17.8 Å². The van der Waals surface area contributed by atoms with E-state index < -0.39 is 10.0 Å². The van der Waals surface area contributed by atoms with Gasteiger partial charge >= 0.3 is 0 Å². The highest BCUT2D eigenvalue weighted by Gasteiger charge is 2.15. The van der Waals surface area contributed by atoms with Crippen LogP contribution in [-0.2, 0) is 16.6 Å². The van der Waals surface area contributed by atoms with Crippen molar-refractivity contribution < 1.29 is 17.9 Å². The molecule has 0 aliphatic rings. The third kappa shape index (κ3) is 5.64. The van der Waals surface area contributed by atoms with E-state index in [1.807, 2.05) is 13.8 Å². The first-order valence-electron chi connectivity index (χ1n) is 9.50. The van der Waals surface area contributed by atoms with Crippen LogP contribution in [0.5, 0.6) is 5.75 Å². The number of aryl methyl sites for hydroxylation is 2. The van der Waals surface area contributed by atoms with Gasteiger partial charge in [-0.2, -0.15) is 0 Å². The molecule has 162 valence electrons. The maximum Gasteiger partial charge on any atom is 0.255 e. The molecule has 0 fully saturated rings. The highest BCUT2D eigenvalue weighted by Crippen LogP contribution is 2.27. The van der Waals surface area contributed by atoms with Crippen LogP contribution in [0.1, 0.15) is 27.0 Å². The summed E-state index contributed by atoms with van der Waals surface area (Å²) in [6.45, 7) is 3.92. The van der Waals surface area contributed by atoms with Crippen molar-refractivity contribution in [3.63, 3.8) is 0 Å². The van der Waals surface area contributed by atoms with Gasteiger partial charge in [-0.1, -0.05) is 29.8 Å². The number of anilines is 1. The first kappa shape index (κ1) is 22.8. The van der Waals surface area contributed by atoms with Gasteiger partial charge in [-0.3, -0.25) is 4.79 Å². The lowest BCUT2D eigenvalue weighted by Crippen LogP contribution is -2.23. The summed E-state index contributed by atoms with van der Waals surface area (Å²) in [7, 11) is -2.11. The Bertz CT molecular complexity index is 1210. The number of carbonyl (C=O) groups excluding carboxylic acids is 1. The molecule has 0 aliphatic heterocycles. The Balaban J connectivity index is 1.63. The van der Waals surface area contributed by atoms with Gasteiger partial charge in [0.1, 0.15) is 5.75 Å². The number of methoxy groups -OCH3 is 1. The summed E-state index contributed by atoms with van der Waals surface area (Å²) in [5, 5.41) is 3.16. The van der Waals surface area contributed by atoms with Crippen LogP contribution >= 0.6 is 11.6 Å². The van der Waals surface area contributed by atoms with Crippen molar-refractivity contribution in [3.8, 4) is 5.75 Å². The first-order chi connectivity index (χ1) is 14.7. The lowest BCUT2D eigenvalue weighted by atomic mass is 10.1. The molecule has 6 nitrogen and oxygen atoms in total. The van der Waals surface area contributed by atoms with Crippen molar-refractivity contribution in [1.29, 1.82) is 0 Å². The van der Waals surface area contributed by atoms with Crippen molar-refractivity contribution >= 4 is 33.2 Å². The van der Waals surface area contributed by atoms with Gasteiger partial charge in [0.05, 0.1) is 17.0 Å². The number of amides is 1. The normalized spacial score (nSPS) is 11.2. The molecule has 0 unspecified atom stereocenters. The van der Waals surface area contributed by atoms with E-state index in [0.717, 1.165) is 16.7 Å². The fourth-order valence-electron chi connectivity index (χ4n) is 2.86. The van der Waals surface area contributed by atoms with E-state index in [2.05, 4.69) is 10.0 Å². The minimum absolute atomic E-state index is 0.116. The molecule has 0 bridgehead atoms. The number of nitrogens with one attached hydrogen (secondary N) is 2. The zero-order chi connectivity index (χ0) is 22.6. The Morgan fingerprint density at radius 1 is 0.968 bits per heavy atom. The van der Waals surface area contributed by atoms with E-state index in [4.69, 9.17) is 16.3 Å². The van der Waals surface area contributed by atoms with Crippen molar-refractivity contribution in [2.45, 2.75) is 25.3 Å². The number of halogens is 1. The van der Waals surface area contributed by atoms with Gasteiger partial charge in [0.2, 0.25) is 10.0 Å². The molecule has 0 aromatic heterocycles. The number of hydrogen-bond acceptors (Lipinski definition) is 4. The van der Waals surface area contributed by atoms with Crippen LogP contribution in [0.15, 0.2) is 65.6 Å². The van der Waals surface area contributed by atoms with Crippen LogP contribution in [0.3, 0.4) is 0 Å². The fraction of sp³-hybridized carbons (Fsp3) is 0.174. The molecule has 0 spiro atoms. The summed E-state index contributed by atoms with van der Waals surface area (Å²) in [5.41, 5.74) is 3.66. The minimum atomic E-state index is -3.63. The minimum Gasteiger partial charge on any atom is -0.495 e. The summed E-state index contributed by atoms with van der Waals surface area (Å²) in [6.07, 6.45) is 0. The highest BCUT2D eigenvalue weighted by atomic mass is 35.5. The maximum atomic E-state index is 12.5. The second-order valence-corrected chi connectivity index (χ2v) is 9.25. The number of hydrogen-bond donors (Lipinski definition) is 2. The molecule has 0 heterocycles. The first-order valence-corrected chi connectivity index (χ1v) is 11.4. The number of benzene rings is 3. The summed E-state index contributed by atoms with van der Waals surface area (Å²) in [6, 6.07) is 16.7. The molecule has 3 aromatic carbocycles. The largest absolute Gasteiger partial charge is 0.495 e. The molecular formula is C23H23ClN2O4S. The predicted molar refractivity (Wildman–Crippen MR) is 122 cm³/mol. The van der Waals surface area contributed by atoms with Crippen LogP contribution in [0.25, 0.3) is 0 Å². The van der Waals surface area contributed by atoms with Crippen LogP contribution in [0.4, 0.5) is 5.69 Å². The SMILES string of the molecule is COc1ccc(NC(=O)c2ccc(CNS(=O)(=O)c3ccc(C)c(C)c3)cc2)cc1Cl. The maximum absolute atomic E-state index is 12.5. The average Bonchev–Trinajstić information content (AvgIpc) is 2.74. The Hall–Kier alpha value is -2.87. The van der Waals surface area contributed by atoms with Gasteiger partial charge in [-0.25, -0.2) is 13.1 Å². The van der Waals surface area contributed by atoms with Gasteiger partial charge in [0.15, 0.2) is 0 Å². The molecular weight excluding hydrogens is 436 g/mol. The van der Waals surface area contributed by atoms with Gasteiger partial charge in [-0.05, 0) is 73.0 Å². The van der Waals surface area contributed by atoms with Crippen molar-refractivity contribution in [2.24, 2.45) is 0 Å². The quantitative estimate of drug-likeness (QED) is 0.537. The van der Waals surface area contributed by atoms with E-state index in [1.54, 1.807) is 60.7 Å². The Morgan fingerprint density at radius 3 is 2.29 bits per heavy atom. The second-order valence-electron chi connectivity index (χ2n) is 7.07. The molecule has 0 saturated carbocycles. The van der Waals surface area contributed by atoms with E-state index in [-0.39, 0.29) is 17.3 Å². The standard InChI is InChI=1S/C23H23ClN2O4S/c1-15-4-10-20(12-16(15)2)31(28,29)25-14-17-5-7-18(8-6-17)23(27)26-19-9-11-22(30-3)21(24)13-19/h4-13,25H,14H2,1-3H3,(H,26,27). The van der Waals surface area contributed by atoms with Crippen molar-refractivity contribution in [3.05, 3.63) is 87.9 Å². The summed E-state index contributed by atoms with van der Waals surface area (Å²) < 4.78 is 32.7. The Morgan fingerprint density at radius 2 is 1.68 bits per heavy atom. The zero-order valence-corrected chi connectivity index (χ0v) is 19.0. The topological polar surface area (TPSA) is 84.5 Å². The zero-order valence-electron chi connectivity index (χ0n) is 17.4. The van der Waals surface area contributed by atoms with E-state index in [1.165, 1.54) is 7.11 Å². The molecule has 0 aliphatic carbocycles. The smallest absolute Gasteiger partial charge is 0.255 e. The number of ether oxygens (including phenoxy) is 1. The molecule has 0 saturated heterocycles. The molecule has 0 atom stereocenters. The molecule has 3 aromatic rings. The highest BCUT2D eigenvalue weighted by molar-refractivity contribution is 7.89. The van der Waals surface area contributed by atoms with E-state index in [0.29, 0.717) is 22.0 Å². The van der Waals surface area contributed by atoms with Gasteiger partial charge in [0.25, 0.3) is 5.91 Å². The lowest BCUT2D eigenvalue weighted by Gasteiger charge is -2.10. The summed E-state index contributed by atoms with van der Waals surface area (Å²) in [4.78, 5) is 12.7. The van der Waals surface area contributed by atoms with E-state index in [9.17, 15) is 13.2 Å². The van der Waals surface area contributed by atoms with Crippen LogP contribution in [-0.4, -0.2) is 21.4 Å². The van der Waals surface area contributed by atoms with Crippen LogP contribution in [0, 0.1) is 13.8 Å². The lowest BCUT2D eigenvalue weighted by molar-refractivity contribution is 0.102. The number of sulfonamides is 1. The summed E-state index contributed by atoms with van der Waals surface area (Å²) >= 11 is 6.08.